The molecule has 28 heavy (non-hydrogen) atoms. The Hall–Kier alpha value is -3.41. The van der Waals surface area contributed by atoms with Crippen LogP contribution in [0.5, 0.6) is 0 Å². The van der Waals surface area contributed by atoms with E-state index in [0.29, 0.717) is 36.4 Å². The van der Waals surface area contributed by atoms with E-state index in [1.165, 1.54) is 0 Å². The molecule has 0 spiro atoms. The summed E-state index contributed by atoms with van der Waals surface area (Å²) >= 11 is 0. The minimum Gasteiger partial charge on any atom is -0.339 e. The molecule has 0 aliphatic carbocycles. The number of carbonyl (C=O) groups is 2. The molecule has 2 amide bonds. The second kappa shape index (κ2) is 8.99. The van der Waals surface area contributed by atoms with Gasteiger partial charge in [-0.15, -0.1) is 0 Å². The van der Waals surface area contributed by atoms with Gasteiger partial charge < -0.3 is 10.2 Å². The van der Waals surface area contributed by atoms with E-state index >= 15 is 0 Å². The Morgan fingerprint density at radius 2 is 1.71 bits per heavy atom. The van der Waals surface area contributed by atoms with Gasteiger partial charge in [-0.2, -0.15) is 5.10 Å². The van der Waals surface area contributed by atoms with Crippen molar-refractivity contribution in [3.63, 3.8) is 0 Å². The molecule has 3 rings (SSSR count). The summed E-state index contributed by atoms with van der Waals surface area (Å²) in [4.78, 5) is 27.1. The highest BCUT2D eigenvalue weighted by atomic mass is 16.2. The third-order valence-electron chi connectivity index (χ3n) is 4.58. The molecule has 0 aliphatic heterocycles. The first-order valence-corrected chi connectivity index (χ1v) is 9.38. The number of amides is 2. The number of rotatable bonds is 7. The maximum Gasteiger partial charge on any atom is 0.255 e. The van der Waals surface area contributed by atoms with Crippen LogP contribution in [0, 0.1) is 0 Å². The van der Waals surface area contributed by atoms with E-state index in [1.807, 2.05) is 49.0 Å². The summed E-state index contributed by atoms with van der Waals surface area (Å²) in [5.41, 5.74) is 2.60. The molecule has 1 N–H and O–H groups in total. The summed E-state index contributed by atoms with van der Waals surface area (Å²) in [5.74, 6) is -0.332. The predicted molar refractivity (Wildman–Crippen MR) is 109 cm³/mol. The van der Waals surface area contributed by atoms with Crippen LogP contribution in [0.25, 0.3) is 0 Å². The van der Waals surface area contributed by atoms with E-state index < -0.39 is 0 Å². The van der Waals surface area contributed by atoms with Gasteiger partial charge >= 0.3 is 0 Å². The van der Waals surface area contributed by atoms with Crippen LogP contribution in [-0.4, -0.2) is 39.6 Å². The summed E-state index contributed by atoms with van der Waals surface area (Å²) in [5, 5.41) is 7.05. The van der Waals surface area contributed by atoms with Gasteiger partial charge in [0, 0.05) is 31.0 Å². The van der Waals surface area contributed by atoms with Gasteiger partial charge in [0.1, 0.15) is 0 Å². The highest BCUT2D eigenvalue weighted by molar-refractivity contribution is 6.09. The van der Waals surface area contributed by atoms with Crippen LogP contribution >= 0.6 is 0 Å². The number of anilines is 1. The molecule has 0 fully saturated rings. The Morgan fingerprint density at radius 3 is 2.36 bits per heavy atom. The molecule has 0 atom stereocenters. The average molecular weight is 376 g/mol. The highest BCUT2D eigenvalue weighted by Gasteiger charge is 2.17. The maximum atomic E-state index is 12.7. The van der Waals surface area contributed by atoms with Crippen molar-refractivity contribution in [2.75, 3.05) is 18.4 Å². The van der Waals surface area contributed by atoms with Crippen LogP contribution in [0.1, 0.15) is 40.1 Å². The van der Waals surface area contributed by atoms with Gasteiger partial charge in [-0.05, 0) is 49.7 Å². The number of para-hydroxylation sites is 1. The molecule has 3 aromatic rings. The van der Waals surface area contributed by atoms with Crippen molar-refractivity contribution in [3.05, 3.63) is 83.7 Å². The Balaban J connectivity index is 1.73. The number of aromatic nitrogens is 2. The van der Waals surface area contributed by atoms with E-state index in [0.717, 1.165) is 5.56 Å². The average Bonchev–Trinajstić information content (AvgIpc) is 3.23. The molecule has 6 heteroatoms. The topological polar surface area (TPSA) is 67.2 Å². The molecule has 0 saturated heterocycles. The van der Waals surface area contributed by atoms with Crippen molar-refractivity contribution >= 4 is 17.5 Å². The molecule has 0 unspecified atom stereocenters. The van der Waals surface area contributed by atoms with E-state index in [-0.39, 0.29) is 11.8 Å². The van der Waals surface area contributed by atoms with Gasteiger partial charge in [-0.1, -0.05) is 24.3 Å². The van der Waals surface area contributed by atoms with Gasteiger partial charge in [0.25, 0.3) is 11.8 Å². The molecule has 1 heterocycles. The normalized spacial score (nSPS) is 10.5. The zero-order valence-electron chi connectivity index (χ0n) is 16.1. The van der Waals surface area contributed by atoms with Crippen LogP contribution in [0.2, 0.25) is 0 Å². The van der Waals surface area contributed by atoms with Crippen LogP contribution in [-0.2, 0) is 6.54 Å². The van der Waals surface area contributed by atoms with Crippen molar-refractivity contribution in [1.82, 2.24) is 14.7 Å². The zero-order chi connectivity index (χ0) is 19.9. The molecule has 6 nitrogen and oxygen atoms in total. The number of hydrogen-bond acceptors (Lipinski definition) is 3. The fourth-order valence-corrected chi connectivity index (χ4v) is 3.00. The number of nitrogens with one attached hydrogen (secondary N) is 1. The quantitative estimate of drug-likeness (QED) is 0.684. The van der Waals surface area contributed by atoms with Gasteiger partial charge in [0.15, 0.2) is 0 Å². The van der Waals surface area contributed by atoms with E-state index in [2.05, 4.69) is 10.4 Å². The molecule has 144 valence electrons. The first kappa shape index (κ1) is 19.4. The fourth-order valence-electron chi connectivity index (χ4n) is 3.00. The summed E-state index contributed by atoms with van der Waals surface area (Å²) in [7, 11) is 0. The van der Waals surface area contributed by atoms with Gasteiger partial charge in [-0.25, -0.2) is 0 Å². The maximum absolute atomic E-state index is 12.7. The summed E-state index contributed by atoms with van der Waals surface area (Å²) in [6.45, 7) is 5.77. The monoisotopic (exact) mass is 376 g/mol. The van der Waals surface area contributed by atoms with Crippen molar-refractivity contribution in [1.29, 1.82) is 0 Å². The summed E-state index contributed by atoms with van der Waals surface area (Å²) < 4.78 is 1.82. The van der Waals surface area contributed by atoms with Crippen molar-refractivity contribution in [2.24, 2.45) is 0 Å². The highest BCUT2D eigenvalue weighted by Crippen LogP contribution is 2.19. The molecule has 2 aromatic carbocycles. The molecule has 0 saturated carbocycles. The zero-order valence-corrected chi connectivity index (χ0v) is 16.1. The van der Waals surface area contributed by atoms with E-state index in [1.54, 1.807) is 41.4 Å². The minimum absolute atomic E-state index is 0.0875. The van der Waals surface area contributed by atoms with Crippen molar-refractivity contribution in [2.45, 2.75) is 20.4 Å². The smallest absolute Gasteiger partial charge is 0.255 e. The molecule has 0 bridgehead atoms. The van der Waals surface area contributed by atoms with Gasteiger partial charge in [0.2, 0.25) is 0 Å². The van der Waals surface area contributed by atoms with Crippen LogP contribution in [0.15, 0.2) is 67.0 Å². The number of hydrogen-bond donors (Lipinski definition) is 1. The molecule has 0 aliphatic rings. The van der Waals surface area contributed by atoms with Gasteiger partial charge in [0.05, 0.1) is 17.8 Å². The van der Waals surface area contributed by atoms with Crippen molar-refractivity contribution < 1.29 is 9.59 Å². The first-order valence-electron chi connectivity index (χ1n) is 9.38. The minimum atomic E-state index is -0.245. The Kier molecular flexibility index (Phi) is 6.22. The second-order valence-corrected chi connectivity index (χ2v) is 6.38. The van der Waals surface area contributed by atoms with E-state index in [4.69, 9.17) is 0 Å². The largest absolute Gasteiger partial charge is 0.339 e. The van der Waals surface area contributed by atoms with Crippen molar-refractivity contribution in [3.8, 4) is 0 Å². The van der Waals surface area contributed by atoms with Crippen LogP contribution in [0.4, 0.5) is 5.69 Å². The lowest BCUT2D eigenvalue weighted by Gasteiger charge is -2.20. The molecular weight excluding hydrogens is 352 g/mol. The number of benzene rings is 2. The predicted octanol–water partition coefficient (Wildman–Crippen LogP) is 3.67. The Morgan fingerprint density at radius 1 is 1.00 bits per heavy atom. The lowest BCUT2D eigenvalue weighted by atomic mass is 10.1. The fraction of sp³-hybridized carbons (Fsp3) is 0.227. The number of carbonyl (C=O) groups excluding carboxylic acids is 2. The SMILES string of the molecule is CCN(CC)C(=O)c1ccccc1NC(=O)c1ccc(Cn2cccn2)cc1. The third-order valence-corrected chi connectivity index (χ3v) is 4.58. The Labute approximate surface area is 164 Å². The second-order valence-electron chi connectivity index (χ2n) is 6.38. The van der Waals surface area contributed by atoms with E-state index in [9.17, 15) is 9.59 Å². The van der Waals surface area contributed by atoms with Crippen LogP contribution in [0.3, 0.4) is 0 Å². The summed E-state index contributed by atoms with van der Waals surface area (Å²) in [6.07, 6.45) is 3.63. The van der Waals surface area contributed by atoms with Gasteiger partial charge in [-0.3, -0.25) is 14.3 Å². The summed E-state index contributed by atoms with van der Waals surface area (Å²) in [6, 6.07) is 16.3. The third kappa shape index (κ3) is 4.46. The lowest BCUT2D eigenvalue weighted by molar-refractivity contribution is 0.0774. The standard InChI is InChI=1S/C22H24N4O2/c1-3-25(4-2)22(28)19-8-5-6-9-20(19)24-21(27)18-12-10-17(11-13-18)16-26-15-7-14-23-26/h5-15H,3-4,16H2,1-2H3,(H,24,27). The number of nitrogens with zero attached hydrogens (tertiary/aromatic N) is 3. The lowest BCUT2D eigenvalue weighted by Crippen LogP contribution is -2.31. The first-order chi connectivity index (χ1) is 13.6. The molecule has 0 radical (unpaired) electrons. The van der Waals surface area contributed by atoms with Crippen LogP contribution < -0.4 is 5.32 Å². The molecule has 1 aromatic heterocycles. The molecular formula is C22H24N4O2. The Bertz CT molecular complexity index is 929.